The second-order valence-corrected chi connectivity index (χ2v) is 3.19. The molecule has 0 fully saturated rings. The van der Waals surface area contributed by atoms with Crippen molar-refractivity contribution < 1.29 is 0 Å². The van der Waals surface area contributed by atoms with E-state index < -0.39 is 0 Å². The van der Waals surface area contributed by atoms with Gasteiger partial charge < -0.3 is 0 Å². The molecule has 0 aliphatic rings. The largest absolute Gasteiger partial charge is 0.0914 e. The van der Waals surface area contributed by atoms with E-state index in [2.05, 4.69) is 56.3 Å². The maximum absolute atomic E-state index is 2.24. The summed E-state index contributed by atoms with van der Waals surface area (Å²) in [7, 11) is 0. The minimum Gasteiger partial charge on any atom is -0.0914 e. The standard InChI is InChI=1S/C12H16/c1-3-7-11(2)10-12-8-5-4-6-9-12/h3-9,11H,10H2,1-2H3/b7-3-. The molecule has 0 saturated carbocycles. The molecule has 12 heavy (non-hydrogen) atoms. The lowest BCUT2D eigenvalue weighted by Gasteiger charge is -2.04. The molecule has 1 aromatic rings. The summed E-state index contributed by atoms with van der Waals surface area (Å²) in [6.45, 7) is 4.31. The van der Waals surface area contributed by atoms with Crippen molar-refractivity contribution in [1.82, 2.24) is 0 Å². The molecule has 0 heterocycles. The van der Waals surface area contributed by atoms with Crippen molar-refractivity contribution in [2.24, 2.45) is 5.92 Å². The summed E-state index contributed by atoms with van der Waals surface area (Å²) < 4.78 is 0. The van der Waals surface area contributed by atoms with Gasteiger partial charge in [-0.05, 0) is 24.8 Å². The zero-order valence-corrected chi connectivity index (χ0v) is 7.83. The van der Waals surface area contributed by atoms with Crippen LogP contribution in [-0.4, -0.2) is 0 Å². The van der Waals surface area contributed by atoms with Gasteiger partial charge in [0.05, 0.1) is 0 Å². The summed E-state index contributed by atoms with van der Waals surface area (Å²) in [5, 5.41) is 0. The van der Waals surface area contributed by atoms with Crippen molar-refractivity contribution in [3.8, 4) is 0 Å². The number of benzene rings is 1. The van der Waals surface area contributed by atoms with E-state index in [1.807, 2.05) is 0 Å². The monoisotopic (exact) mass is 160 g/mol. The van der Waals surface area contributed by atoms with E-state index in [1.54, 1.807) is 0 Å². The maximum atomic E-state index is 2.24. The molecule has 0 aliphatic carbocycles. The van der Waals surface area contributed by atoms with Gasteiger partial charge in [0.25, 0.3) is 0 Å². The predicted octanol–water partition coefficient (Wildman–Crippen LogP) is 3.44. The molecule has 1 aromatic carbocycles. The number of rotatable bonds is 3. The van der Waals surface area contributed by atoms with E-state index >= 15 is 0 Å². The minimum absolute atomic E-state index is 0.650. The Balaban J connectivity index is 2.52. The van der Waals surface area contributed by atoms with E-state index in [-0.39, 0.29) is 0 Å². The lowest BCUT2D eigenvalue weighted by Crippen LogP contribution is -1.94. The van der Waals surface area contributed by atoms with Gasteiger partial charge in [0.15, 0.2) is 0 Å². The van der Waals surface area contributed by atoms with Crippen molar-refractivity contribution in [2.75, 3.05) is 0 Å². The molecule has 0 bridgehead atoms. The van der Waals surface area contributed by atoms with Crippen LogP contribution in [0, 0.1) is 5.92 Å². The lowest BCUT2D eigenvalue weighted by atomic mass is 10.0. The molecular formula is C12H16. The highest BCUT2D eigenvalue weighted by molar-refractivity contribution is 5.15. The van der Waals surface area contributed by atoms with Crippen LogP contribution in [0.1, 0.15) is 19.4 Å². The Bertz CT molecular complexity index is 233. The lowest BCUT2D eigenvalue weighted by molar-refractivity contribution is 0.722. The Kier molecular flexibility index (Phi) is 3.59. The third-order valence-corrected chi connectivity index (χ3v) is 1.92. The fraction of sp³-hybridized carbons (Fsp3) is 0.333. The molecule has 0 nitrogen and oxygen atoms in total. The fourth-order valence-electron chi connectivity index (χ4n) is 1.38. The molecule has 1 rings (SSSR count). The molecule has 0 spiro atoms. The van der Waals surface area contributed by atoms with Gasteiger partial charge in [0.1, 0.15) is 0 Å². The molecule has 0 N–H and O–H groups in total. The van der Waals surface area contributed by atoms with Crippen molar-refractivity contribution >= 4 is 0 Å². The third-order valence-electron chi connectivity index (χ3n) is 1.92. The summed E-state index contributed by atoms with van der Waals surface area (Å²) in [6, 6.07) is 10.6. The first-order chi connectivity index (χ1) is 5.83. The number of hydrogen-bond acceptors (Lipinski definition) is 0. The number of allylic oxidation sites excluding steroid dienone is 2. The Morgan fingerprint density at radius 3 is 2.50 bits per heavy atom. The van der Waals surface area contributed by atoms with Crippen molar-refractivity contribution in [3.63, 3.8) is 0 Å². The average molecular weight is 160 g/mol. The summed E-state index contributed by atoms with van der Waals surface area (Å²) in [4.78, 5) is 0. The molecule has 0 aromatic heterocycles. The van der Waals surface area contributed by atoms with Gasteiger partial charge in [-0.25, -0.2) is 0 Å². The van der Waals surface area contributed by atoms with Crippen LogP contribution < -0.4 is 0 Å². The van der Waals surface area contributed by atoms with E-state index in [9.17, 15) is 0 Å². The molecule has 0 saturated heterocycles. The van der Waals surface area contributed by atoms with Crippen LogP contribution in [0.3, 0.4) is 0 Å². The minimum atomic E-state index is 0.650. The van der Waals surface area contributed by atoms with Crippen LogP contribution in [0.2, 0.25) is 0 Å². The Labute approximate surface area is 74.9 Å². The van der Waals surface area contributed by atoms with E-state index in [4.69, 9.17) is 0 Å². The quantitative estimate of drug-likeness (QED) is 0.594. The highest BCUT2D eigenvalue weighted by Crippen LogP contribution is 2.08. The molecule has 64 valence electrons. The van der Waals surface area contributed by atoms with Crippen molar-refractivity contribution in [2.45, 2.75) is 20.3 Å². The molecule has 0 amide bonds. The van der Waals surface area contributed by atoms with Crippen LogP contribution in [0.15, 0.2) is 42.5 Å². The highest BCUT2D eigenvalue weighted by Gasteiger charge is 1.97. The van der Waals surface area contributed by atoms with E-state index in [0.29, 0.717) is 5.92 Å². The zero-order chi connectivity index (χ0) is 8.81. The second kappa shape index (κ2) is 4.76. The summed E-state index contributed by atoms with van der Waals surface area (Å²) in [5.74, 6) is 0.650. The first kappa shape index (κ1) is 9.05. The van der Waals surface area contributed by atoms with Gasteiger partial charge in [-0.3, -0.25) is 0 Å². The zero-order valence-electron chi connectivity index (χ0n) is 7.83. The molecular weight excluding hydrogens is 144 g/mol. The topological polar surface area (TPSA) is 0 Å². The Morgan fingerprint density at radius 1 is 1.25 bits per heavy atom. The molecule has 0 radical (unpaired) electrons. The molecule has 1 unspecified atom stereocenters. The SMILES string of the molecule is C/C=C\C(C)Cc1ccccc1. The number of hydrogen-bond donors (Lipinski definition) is 0. The van der Waals surface area contributed by atoms with Gasteiger partial charge in [-0.1, -0.05) is 49.4 Å². The van der Waals surface area contributed by atoms with Crippen molar-refractivity contribution in [1.29, 1.82) is 0 Å². The smallest absolute Gasteiger partial charge is 0.0218 e. The van der Waals surface area contributed by atoms with E-state index in [1.165, 1.54) is 5.56 Å². The van der Waals surface area contributed by atoms with Gasteiger partial charge >= 0.3 is 0 Å². The van der Waals surface area contributed by atoms with Gasteiger partial charge in [-0.15, -0.1) is 0 Å². The van der Waals surface area contributed by atoms with Gasteiger partial charge in [0.2, 0.25) is 0 Å². The summed E-state index contributed by atoms with van der Waals surface area (Å²) in [6.07, 6.45) is 5.51. The van der Waals surface area contributed by atoms with Crippen LogP contribution in [0.25, 0.3) is 0 Å². The third kappa shape index (κ3) is 2.91. The van der Waals surface area contributed by atoms with Crippen LogP contribution >= 0.6 is 0 Å². The maximum Gasteiger partial charge on any atom is -0.0218 e. The first-order valence-corrected chi connectivity index (χ1v) is 4.49. The molecule has 0 aliphatic heterocycles. The van der Waals surface area contributed by atoms with Crippen LogP contribution in [0.5, 0.6) is 0 Å². The van der Waals surface area contributed by atoms with Crippen LogP contribution in [0.4, 0.5) is 0 Å². The summed E-state index contributed by atoms with van der Waals surface area (Å²) >= 11 is 0. The Morgan fingerprint density at radius 2 is 1.92 bits per heavy atom. The van der Waals surface area contributed by atoms with Gasteiger partial charge in [0, 0.05) is 0 Å². The first-order valence-electron chi connectivity index (χ1n) is 4.49. The van der Waals surface area contributed by atoms with Gasteiger partial charge in [-0.2, -0.15) is 0 Å². The van der Waals surface area contributed by atoms with Crippen molar-refractivity contribution in [3.05, 3.63) is 48.0 Å². The second-order valence-electron chi connectivity index (χ2n) is 3.19. The summed E-state index contributed by atoms with van der Waals surface area (Å²) in [5.41, 5.74) is 1.42. The average Bonchev–Trinajstić information content (AvgIpc) is 2.06. The highest BCUT2D eigenvalue weighted by atomic mass is 14.0. The normalized spacial score (nSPS) is 13.5. The van der Waals surface area contributed by atoms with E-state index in [0.717, 1.165) is 6.42 Å². The van der Waals surface area contributed by atoms with Crippen LogP contribution in [-0.2, 0) is 6.42 Å². The molecule has 1 atom stereocenters. The Hall–Kier alpha value is -1.04. The predicted molar refractivity (Wildman–Crippen MR) is 54.1 cm³/mol. The fourth-order valence-corrected chi connectivity index (χ4v) is 1.38. The molecule has 0 heteroatoms.